The van der Waals surface area contributed by atoms with Crippen molar-refractivity contribution in [2.45, 2.75) is 27.7 Å². The first kappa shape index (κ1) is 19.0. The van der Waals surface area contributed by atoms with E-state index in [4.69, 9.17) is 18.9 Å². The molecule has 144 valence electrons. The zero-order valence-corrected chi connectivity index (χ0v) is 15.3. The quantitative estimate of drug-likeness (QED) is 0.444. The molecule has 0 radical (unpaired) electrons. The highest BCUT2D eigenvalue weighted by Crippen LogP contribution is 2.45. The van der Waals surface area contributed by atoms with Crippen molar-refractivity contribution in [3.63, 3.8) is 0 Å². The zero-order chi connectivity index (χ0) is 20.7. The molecular formula is C19H14O9. The Balaban J connectivity index is 2.52. The first-order chi connectivity index (χ1) is 13.1. The predicted molar refractivity (Wildman–Crippen MR) is 92.4 cm³/mol. The van der Waals surface area contributed by atoms with Crippen LogP contribution in [-0.2, 0) is 19.1 Å². The summed E-state index contributed by atoms with van der Waals surface area (Å²) in [5, 5.41) is 0.254. The van der Waals surface area contributed by atoms with Gasteiger partial charge in [0.2, 0.25) is 0 Å². The number of hydrogen-bond acceptors (Lipinski definition) is 9. The maximum Gasteiger partial charge on any atom is 0.350 e. The summed E-state index contributed by atoms with van der Waals surface area (Å²) in [5.74, 6) is -4.63. The van der Waals surface area contributed by atoms with Crippen molar-refractivity contribution in [1.29, 1.82) is 0 Å². The summed E-state index contributed by atoms with van der Waals surface area (Å²) < 4.78 is 20.1. The highest BCUT2D eigenvalue weighted by molar-refractivity contribution is 6.25. The highest BCUT2D eigenvalue weighted by atomic mass is 16.6. The molecule has 0 unspecified atom stereocenters. The number of cyclic esters (lactones) is 2. The van der Waals surface area contributed by atoms with Crippen LogP contribution in [0, 0.1) is 6.92 Å². The molecular weight excluding hydrogens is 372 g/mol. The molecule has 1 aliphatic rings. The minimum Gasteiger partial charge on any atom is -0.426 e. The molecule has 3 rings (SSSR count). The molecule has 0 aromatic heterocycles. The SMILES string of the molecule is CC(=O)Oc1cc(C)c2c(OC(C)=O)cc(OC(C)=O)c3c2c1C(=O)OC3=O. The van der Waals surface area contributed by atoms with Gasteiger partial charge in [0.1, 0.15) is 28.4 Å². The van der Waals surface area contributed by atoms with Crippen LogP contribution in [0.25, 0.3) is 10.8 Å². The molecule has 2 aromatic carbocycles. The van der Waals surface area contributed by atoms with Crippen molar-refractivity contribution in [2.75, 3.05) is 0 Å². The second kappa shape index (κ2) is 6.76. The van der Waals surface area contributed by atoms with E-state index in [2.05, 4.69) is 0 Å². The Morgan fingerprint density at radius 1 is 0.714 bits per heavy atom. The molecule has 1 aliphatic heterocycles. The van der Waals surface area contributed by atoms with Gasteiger partial charge in [-0.05, 0) is 18.6 Å². The molecule has 0 spiro atoms. The number of aryl methyl sites for hydroxylation is 1. The molecule has 0 N–H and O–H groups in total. The molecule has 0 saturated heterocycles. The van der Waals surface area contributed by atoms with Gasteiger partial charge in [-0.25, -0.2) is 9.59 Å². The fourth-order valence-corrected chi connectivity index (χ4v) is 3.04. The van der Waals surface area contributed by atoms with Gasteiger partial charge < -0.3 is 18.9 Å². The van der Waals surface area contributed by atoms with Gasteiger partial charge in [0.25, 0.3) is 0 Å². The standard InChI is InChI=1S/C19H14O9/c1-7-5-11(25-8(2)20)15-17-14(7)12(26-9(3)21)6-13(27-10(4)22)16(17)19(24)28-18(15)23/h5-6H,1-4H3. The van der Waals surface area contributed by atoms with Crippen molar-refractivity contribution in [1.82, 2.24) is 0 Å². The molecule has 0 aliphatic carbocycles. The molecule has 9 nitrogen and oxygen atoms in total. The largest absolute Gasteiger partial charge is 0.426 e. The summed E-state index contributed by atoms with van der Waals surface area (Å²) in [4.78, 5) is 59.3. The Bertz CT molecular complexity index is 1070. The van der Waals surface area contributed by atoms with Crippen LogP contribution in [-0.4, -0.2) is 29.8 Å². The van der Waals surface area contributed by atoms with E-state index in [1.807, 2.05) is 0 Å². The lowest BCUT2D eigenvalue weighted by Crippen LogP contribution is -2.23. The van der Waals surface area contributed by atoms with E-state index in [9.17, 15) is 24.0 Å². The molecule has 0 bridgehead atoms. The Labute approximate surface area is 158 Å². The third-order valence-electron chi connectivity index (χ3n) is 3.85. The zero-order valence-electron chi connectivity index (χ0n) is 15.3. The van der Waals surface area contributed by atoms with Crippen molar-refractivity contribution in [2.24, 2.45) is 0 Å². The van der Waals surface area contributed by atoms with E-state index in [0.717, 1.165) is 13.8 Å². The maximum atomic E-state index is 12.4. The van der Waals surface area contributed by atoms with Gasteiger partial charge in [-0.1, -0.05) is 0 Å². The van der Waals surface area contributed by atoms with Crippen molar-refractivity contribution in [3.05, 3.63) is 28.8 Å². The minimum absolute atomic E-state index is 0.00694. The number of esters is 5. The Morgan fingerprint density at radius 2 is 1.14 bits per heavy atom. The molecule has 0 atom stereocenters. The molecule has 2 aromatic rings. The van der Waals surface area contributed by atoms with Gasteiger partial charge in [0, 0.05) is 37.6 Å². The van der Waals surface area contributed by atoms with Gasteiger partial charge in [0.15, 0.2) is 0 Å². The van der Waals surface area contributed by atoms with Crippen molar-refractivity contribution < 1.29 is 42.9 Å². The number of carbonyl (C=O) groups is 5. The highest BCUT2D eigenvalue weighted by Gasteiger charge is 2.36. The number of rotatable bonds is 3. The summed E-state index contributed by atoms with van der Waals surface area (Å²) in [5.41, 5.74) is 0.0185. The van der Waals surface area contributed by atoms with Crippen molar-refractivity contribution >= 4 is 40.6 Å². The van der Waals surface area contributed by atoms with Crippen LogP contribution in [0.1, 0.15) is 47.1 Å². The van der Waals surface area contributed by atoms with Gasteiger partial charge in [0.05, 0.1) is 0 Å². The van der Waals surface area contributed by atoms with Crippen LogP contribution in [0.5, 0.6) is 17.2 Å². The van der Waals surface area contributed by atoms with Crippen molar-refractivity contribution in [3.8, 4) is 17.2 Å². The second-order valence-corrected chi connectivity index (χ2v) is 6.02. The lowest BCUT2D eigenvalue weighted by molar-refractivity contribution is -0.133. The molecule has 0 saturated carbocycles. The Kier molecular flexibility index (Phi) is 4.60. The molecule has 0 amide bonds. The third-order valence-corrected chi connectivity index (χ3v) is 3.85. The van der Waals surface area contributed by atoms with E-state index in [-0.39, 0.29) is 39.1 Å². The molecule has 9 heteroatoms. The van der Waals surface area contributed by atoms with Gasteiger partial charge >= 0.3 is 29.8 Å². The number of carbonyl (C=O) groups excluding carboxylic acids is 5. The van der Waals surface area contributed by atoms with Crippen LogP contribution in [0.3, 0.4) is 0 Å². The monoisotopic (exact) mass is 386 g/mol. The van der Waals surface area contributed by atoms with E-state index in [0.29, 0.717) is 5.56 Å². The maximum absolute atomic E-state index is 12.4. The minimum atomic E-state index is -1.05. The molecule has 28 heavy (non-hydrogen) atoms. The van der Waals surface area contributed by atoms with Crippen LogP contribution in [0.2, 0.25) is 0 Å². The molecule has 1 heterocycles. The van der Waals surface area contributed by atoms with E-state index in [1.54, 1.807) is 6.92 Å². The number of hydrogen-bond donors (Lipinski definition) is 0. The van der Waals surface area contributed by atoms with E-state index >= 15 is 0 Å². The summed E-state index contributed by atoms with van der Waals surface area (Å²) in [7, 11) is 0. The number of benzene rings is 2. The topological polar surface area (TPSA) is 122 Å². The summed E-state index contributed by atoms with van der Waals surface area (Å²) >= 11 is 0. The summed E-state index contributed by atoms with van der Waals surface area (Å²) in [6, 6.07) is 2.58. The lowest BCUT2D eigenvalue weighted by atomic mass is 9.92. The lowest BCUT2D eigenvalue weighted by Gasteiger charge is -2.22. The second-order valence-electron chi connectivity index (χ2n) is 6.02. The predicted octanol–water partition coefficient (Wildman–Crippen LogP) is 2.23. The fraction of sp³-hybridized carbons (Fsp3) is 0.211. The fourth-order valence-electron chi connectivity index (χ4n) is 3.04. The van der Waals surface area contributed by atoms with E-state index in [1.165, 1.54) is 19.1 Å². The Hall–Kier alpha value is -3.75. The van der Waals surface area contributed by atoms with Crippen LogP contribution >= 0.6 is 0 Å². The van der Waals surface area contributed by atoms with Crippen LogP contribution < -0.4 is 14.2 Å². The normalized spacial score (nSPS) is 12.4. The third kappa shape index (κ3) is 3.18. The average Bonchev–Trinajstić information content (AvgIpc) is 2.51. The average molecular weight is 386 g/mol. The van der Waals surface area contributed by atoms with Gasteiger partial charge in [-0.2, -0.15) is 0 Å². The van der Waals surface area contributed by atoms with E-state index < -0.39 is 29.8 Å². The van der Waals surface area contributed by atoms with Crippen LogP contribution in [0.4, 0.5) is 0 Å². The first-order valence-corrected chi connectivity index (χ1v) is 8.06. The smallest absolute Gasteiger partial charge is 0.350 e. The Morgan fingerprint density at radius 3 is 1.61 bits per heavy atom. The van der Waals surface area contributed by atoms with Gasteiger partial charge in [-0.3, -0.25) is 14.4 Å². The first-order valence-electron chi connectivity index (χ1n) is 8.06. The van der Waals surface area contributed by atoms with Gasteiger partial charge in [-0.15, -0.1) is 0 Å². The molecule has 0 fully saturated rings. The summed E-state index contributed by atoms with van der Waals surface area (Å²) in [6.07, 6.45) is 0. The summed E-state index contributed by atoms with van der Waals surface area (Å²) in [6.45, 7) is 5.04. The van der Waals surface area contributed by atoms with Crippen LogP contribution in [0.15, 0.2) is 12.1 Å². The number of ether oxygens (including phenoxy) is 4.